The third-order valence-corrected chi connectivity index (χ3v) is 6.37. The zero-order chi connectivity index (χ0) is 23.9. The van der Waals surface area contributed by atoms with Gasteiger partial charge < -0.3 is 5.32 Å². The van der Waals surface area contributed by atoms with Crippen molar-refractivity contribution in [2.24, 2.45) is 0 Å². The van der Waals surface area contributed by atoms with Gasteiger partial charge in [-0.2, -0.15) is 23.4 Å². The van der Waals surface area contributed by atoms with Gasteiger partial charge in [0.2, 0.25) is 5.91 Å². The van der Waals surface area contributed by atoms with Gasteiger partial charge in [0.15, 0.2) is 5.69 Å². The molecule has 1 aliphatic carbocycles. The molecule has 176 valence electrons. The van der Waals surface area contributed by atoms with Gasteiger partial charge in [0.05, 0.1) is 23.6 Å². The standard InChI is InChI=1S/C22H22Cl2F3N5O/c1-12-21(13(2)32(29-12)11-15-16(23)4-3-5-17(15)24)28-20(33)8-9-31-18(14-6-7-14)10-19(30-31)22(25,26)27/h3-5,10,14H,6-9,11H2,1-2H3,(H,28,33). The van der Waals surface area contributed by atoms with E-state index in [2.05, 4.69) is 15.5 Å². The summed E-state index contributed by atoms with van der Waals surface area (Å²) in [6.45, 7) is 3.98. The number of aromatic nitrogens is 4. The number of carbonyl (C=O) groups excluding carboxylic acids is 1. The highest BCUT2D eigenvalue weighted by molar-refractivity contribution is 6.35. The number of carbonyl (C=O) groups is 1. The average Bonchev–Trinajstić information content (AvgIpc) is 3.43. The Balaban J connectivity index is 1.45. The number of hydrogen-bond donors (Lipinski definition) is 1. The molecule has 2 aromatic heterocycles. The fraction of sp³-hybridized carbons (Fsp3) is 0.409. The number of rotatable bonds is 7. The summed E-state index contributed by atoms with van der Waals surface area (Å²) in [6, 6.07) is 6.33. The van der Waals surface area contributed by atoms with Crippen LogP contribution in [0, 0.1) is 13.8 Å². The summed E-state index contributed by atoms with van der Waals surface area (Å²) >= 11 is 12.5. The predicted molar refractivity (Wildman–Crippen MR) is 120 cm³/mol. The monoisotopic (exact) mass is 499 g/mol. The molecular weight excluding hydrogens is 478 g/mol. The van der Waals surface area contributed by atoms with Crippen molar-refractivity contribution < 1.29 is 18.0 Å². The second-order valence-corrected chi connectivity index (χ2v) is 8.97. The Morgan fingerprint density at radius 3 is 2.42 bits per heavy atom. The highest BCUT2D eigenvalue weighted by Gasteiger charge is 2.37. The minimum Gasteiger partial charge on any atom is -0.323 e. The number of hydrogen-bond acceptors (Lipinski definition) is 3. The number of anilines is 1. The van der Waals surface area contributed by atoms with Gasteiger partial charge in [0.25, 0.3) is 0 Å². The minimum atomic E-state index is -4.51. The summed E-state index contributed by atoms with van der Waals surface area (Å²) in [5, 5.41) is 12.0. The van der Waals surface area contributed by atoms with Crippen LogP contribution >= 0.6 is 23.2 Å². The first-order valence-corrected chi connectivity index (χ1v) is 11.2. The maximum Gasteiger partial charge on any atom is 0.435 e. The number of aryl methyl sites for hydroxylation is 2. The first-order valence-electron chi connectivity index (χ1n) is 10.5. The molecule has 1 fully saturated rings. The molecule has 0 unspecified atom stereocenters. The van der Waals surface area contributed by atoms with E-state index >= 15 is 0 Å². The van der Waals surface area contributed by atoms with Crippen molar-refractivity contribution in [3.63, 3.8) is 0 Å². The lowest BCUT2D eigenvalue weighted by Crippen LogP contribution is -2.17. The Hall–Kier alpha value is -2.52. The van der Waals surface area contributed by atoms with Gasteiger partial charge in [-0.05, 0) is 44.9 Å². The van der Waals surface area contributed by atoms with Crippen molar-refractivity contribution in [3.05, 3.63) is 62.6 Å². The third kappa shape index (κ3) is 5.19. The third-order valence-electron chi connectivity index (χ3n) is 5.66. The molecule has 4 rings (SSSR count). The van der Waals surface area contributed by atoms with E-state index in [-0.39, 0.29) is 24.8 Å². The first kappa shape index (κ1) is 23.6. The molecule has 11 heteroatoms. The van der Waals surface area contributed by atoms with Crippen molar-refractivity contribution in [2.75, 3.05) is 5.32 Å². The van der Waals surface area contributed by atoms with Gasteiger partial charge in [0, 0.05) is 40.2 Å². The number of nitrogens with one attached hydrogen (secondary N) is 1. The Labute approximate surface area is 198 Å². The van der Waals surface area contributed by atoms with Crippen molar-refractivity contribution in [1.82, 2.24) is 19.6 Å². The van der Waals surface area contributed by atoms with E-state index in [9.17, 15) is 18.0 Å². The second kappa shape index (κ2) is 9.02. The topological polar surface area (TPSA) is 64.7 Å². The van der Waals surface area contributed by atoms with Gasteiger partial charge in [-0.15, -0.1) is 0 Å². The molecule has 0 atom stereocenters. The number of amides is 1. The molecular formula is C22H22Cl2F3N5O. The van der Waals surface area contributed by atoms with E-state index in [1.54, 1.807) is 29.8 Å². The van der Waals surface area contributed by atoms with Crippen molar-refractivity contribution in [2.45, 2.75) is 58.3 Å². The molecule has 0 saturated heterocycles. The maximum atomic E-state index is 13.1. The van der Waals surface area contributed by atoms with Crippen molar-refractivity contribution >= 4 is 34.8 Å². The van der Waals surface area contributed by atoms with Crippen LogP contribution in [0.5, 0.6) is 0 Å². The van der Waals surface area contributed by atoms with Gasteiger partial charge in [0.1, 0.15) is 0 Å². The van der Waals surface area contributed by atoms with Crippen LogP contribution in [0.3, 0.4) is 0 Å². The van der Waals surface area contributed by atoms with Crippen LogP contribution in [0.2, 0.25) is 10.0 Å². The molecule has 33 heavy (non-hydrogen) atoms. The predicted octanol–water partition coefficient (Wildman–Crippen LogP) is 5.98. The van der Waals surface area contributed by atoms with Crippen LogP contribution in [0.4, 0.5) is 18.9 Å². The SMILES string of the molecule is Cc1nn(Cc2c(Cl)cccc2Cl)c(C)c1NC(=O)CCn1nc(C(F)(F)F)cc1C1CC1. The summed E-state index contributed by atoms with van der Waals surface area (Å²) in [4.78, 5) is 12.6. The zero-order valence-corrected chi connectivity index (χ0v) is 19.5. The Bertz CT molecular complexity index is 1180. The molecule has 0 bridgehead atoms. The van der Waals surface area contributed by atoms with E-state index in [0.717, 1.165) is 24.5 Å². The van der Waals surface area contributed by atoms with Gasteiger partial charge in [-0.25, -0.2) is 0 Å². The molecule has 6 nitrogen and oxygen atoms in total. The summed E-state index contributed by atoms with van der Waals surface area (Å²) in [5.74, 6) is -0.252. The lowest BCUT2D eigenvalue weighted by molar-refractivity contribution is -0.141. The zero-order valence-electron chi connectivity index (χ0n) is 18.0. The smallest absolute Gasteiger partial charge is 0.323 e. The van der Waals surface area contributed by atoms with Crippen LogP contribution in [-0.2, 0) is 24.1 Å². The fourth-order valence-electron chi connectivity index (χ4n) is 3.73. The fourth-order valence-corrected chi connectivity index (χ4v) is 4.25. The van der Waals surface area contributed by atoms with E-state index in [4.69, 9.17) is 23.2 Å². The molecule has 0 spiro atoms. The Kier molecular flexibility index (Phi) is 6.46. The normalized spacial score (nSPS) is 14.0. The molecule has 0 radical (unpaired) electrons. The van der Waals surface area contributed by atoms with E-state index < -0.39 is 11.9 Å². The van der Waals surface area contributed by atoms with Crippen LogP contribution in [0.25, 0.3) is 0 Å². The summed E-state index contributed by atoms with van der Waals surface area (Å²) < 4.78 is 42.2. The van der Waals surface area contributed by atoms with Crippen LogP contribution in [0.15, 0.2) is 24.3 Å². The molecule has 1 N–H and O–H groups in total. The second-order valence-electron chi connectivity index (χ2n) is 8.15. The van der Waals surface area contributed by atoms with E-state index in [1.807, 2.05) is 6.92 Å². The van der Waals surface area contributed by atoms with E-state index in [0.29, 0.717) is 39.4 Å². The van der Waals surface area contributed by atoms with Crippen molar-refractivity contribution in [1.29, 1.82) is 0 Å². The molecule has 0 aliphatic heterocycles. The quantitative estimate of drug-likeness (QED) is 0.435. The number of alkyl halides is 3. The summed E-state index contributed by atoms with van der Waals surface area (Å²) in [6.07, 6.45) is -2.85. The summed E-state index contributed by atoms with van der Waals surface area (Å²) in [5.41, 5.74) is 2.22. The maximum absolute atomic E-state index is 13.1. The van der Waals surface area contributed by atoms with Crippen LogP contribution in [0.1, 0.15) is 53.5 Å². The largest absolute Gasteiger partial charge is 0.435 e. The molecule has 1 aliphatic rings. The van der Waals surface area contributed by atoms with Gasteiger partial charge in [-0.1, -0.05) is 29.3 Å². The van der Waals surface area contributed by atoms with Crippen molar-refractivity contribution in [3.8, 4) is 0 Å². The molecule has 1 saturated carbocycles. The highest BCUT2D eigenvalue weighted by Crippen LogP contribution is 2.42. The number of nitrogens with zero attached hydrogens (tertiary/aromatic N) is 4. The molecule has 1 amide bonds. The Morgan fingerprint density at radius 1 is 1.15 bits per heavy atom. The molecule has 1 aromatic carbocycles. The van der Waals surface area contributed by atoms with Crippen LogP contribution < -0.4 is 5.32 Å². The highest BCUT2D eigenvalue weighted by atomic mass is 35.5. The number of halogens is 5. The number of benzene rings is 1. The average molecular weight is 500 g/mol. The lowest BCUT2D eigenvalue weighted by atomic mass is 10.2. The summed E-state index contributed by atoms with van der Waals surface area (Å²) in [7, 11) is 0. The molecule has 2 heterocycles. The lowest BCUT2D eigenvalue weighted by Gasteiger charge is -2.10. The Morgan fingerprint density at radius 2 is 1.82 bits per heavy atom. The van der Waals surface area contributed by atoms with Gasteiger partial charge in [-0.3, -0.25) is 14.2 Å². The van der Waals surface area contributed by atoms with Gasteiger partial charge >= 0.3 is 6.18 Å². The molecule has 3 aromatic rings. The van der Waals surface area contributed by atoms with Crippen LogP contribution in [-0.4, -0.2) is 25.5 Å². The minimum absolute atomic E-state index is 0.0148. The first-order chi connectivity index (χ1) is 15.5. The van der Waals surface area contributed by atoms with E-state index in [1.165, 1.54) is 4.68 Å².